The van der Waals surface area contributed by atoms with Crippen molar-refractivity contribution in [3.05, 3.63) is 70.2 Å². The summed E-state index contributed by atoms with van der Waals surface area (Å²) in [5, 5.41) is 5.74. The minimum absolute atomic E-state index is 0.0119. The summed E-state index contributed by atoms with van der Waals surface area (Å²) in [5.74, 6) is -1.14. The molecule has 1 atom stereocenters. The van der Waals surface area contributed by atoms with E-state index < -0.39 is 23.9 Å². The summed E-state index contributed by atoms with van der Waals surface area (Å²) in [6.45, 7) is 3.61. The van der Waals surface area contributed by atoms with Crippen LogP contribution in [0.25, 0.3) is 0 Å². The second-order valence-corrected chi connectivity index (χ2v) is 8.03. The summed E-state index contributed by atoms with van der Waals surface area (Å²) in [6.07, 6.45) is -0.347. The molecule has 1 aliphatic heterocycles. The van der Waals surface area contributed by atoms with Gasteiger partial charge in [-0.25, -0.2) is 4.79 Å². The van der Waals surface area contributed by atoms with Crippen molar-refractivity contribution in [3.8, 4) is 0 Å². The molecule has 32 heavy (non-hydrogen) atoms. The Morgan fingerprint density at radius 1 is 1.12 bits per heavy atom. The van der Waals surface area contributed by atoms with Gasteiger partial charge in [-0.05, 0) is 43.2 Å². The smallest absolute Gasteiger partial charge is 0.324 e. The second kappa shape index (κ2) is 10.3. The Balaban J connectivity index is 1.72. The van der Waals surface area contributed by atoms with Crippen LogP contribution >= 0.6 is 11.6 Å². The molecule has 1 saturated heterocycles. The number of carbonyl (C=O) groups is 4. The zero-order chi connectivity index (χ0) is 23.3. The first kappa shape index (κ1) is 23.3. The van der Waals surface area contributed by atoms with Crippen LogP contribution in [0.5, 0.6) is 0 Å². The summed E-state index contributed by atoms with van der Waals surface area (Å²) in [4.78, 5) is 49.6. The van der Waals surface area contributed by atoms with E-state index in [0.29, 0.717) is 21.7 Å². The predicted octanol–water partition coefficient (Wildman–Crippen LogP) is 3.20. The predicted molar refractivity (Wildman–Crippen MR) is 118 cm³/mol. The number of urea groups is 1. The molecule has 168 valence electrons. The van der Waals surface area contributed by atoms with Gasteiger partial charge in [0, 0.05) is 10.6 Å². The molecule has 2 aromatic rings. The number of hydrogen-bond acceptors (Lipinski definition) is 5. The van der Waals surface area contributed by atoms with Crippen molar-refractivity contribution in [1.29, 1.82) is 0 Å². The molecular formula is C23H24ClN3O5. The van der Waals surface area contributed by atoms with Gasteiger partial charge >= 0.3 is 12.0 Å². The van der Waals surface area contributed by atoms with Gasteiger partial charge in [0.2, 0.25) is 5.91 Å². The maximum absolute atomic E-state index is 12.9. The molecule has 4 amide bonds. The van der Waals surface area contributed by atoms with Crippen molar-refractivity contribution in [2.24, 2.45) is 0 Å². The van der Waals surface area contributed by atoms with Crippen LogP contribution in [-0.4, -0.2) is 41.4 Å². The maximum atomic E-state index is 12.9. The highest BCUT2D eigenvalue weighted by atomic mass is 35.5. The summed E-state index contributed by atoms with van der Waals surface area (Å²) in [6, 6.07) is 12.4. The van der Waals surface area contributed by atoms with Crippen molar-refractivity contribution in [1.82, 2.24) is 15.5 Å². The molecule has 0 radical (unpaired) electrons. The van der Waals surface area contributed by atoms with Gasteiger partial charge in [-0.15, -0.1) is 0 Å². The molecule has 9 heteroatoms. The number of ether oxygens (including phenoxy) is 1. The fourth-order valence-corrected chi connectivity index (χ4v) is 3.54. The van der Waals surface area contributed by atoms with Crippen LogP contribution in [0.4, 0.5) is 4.79 Å². The minimum atomic E-state index is -0.673. The van der Waals surface area contributed by atoms with Gasteiger partial charge in [0.15, 0.2) is 0 Å². The lowest BCUT2D eigenvalue weighted by Gasteiger charge is -2.20. The molecule has 0 aliphatic carbocycles. The molecule has 0 bridgehead atoms. The van der Waals surface area contributed by atoms with Gasteiger partial charge in [-0.3, -0.25) is 19.3 Å². The minimum Gasteiger partial charge on any atom is -0.463 e. The Morgan fingerprint density at radius 3 is 2.41 bits per heavy atom. The van der Waals surface area contributed by atoms with E-state index >= 15 is 0 Å². The highest BCUT2D eigenvalue weighted by molar-refractivity contribution is 6.31. The van der Waals surface area contributed by atoms with Crippen LogP contribution in [0.3, 0.4) is 0 Å². The van der Waals surface area contributed by atoms with Crippen LogP contribution in [-0.2, 0) is 20.9 Å². The molecule has 0 aromatic heterocycles. The van der Waals surface area contributed by atoms with E-state index in [4.69, 9.17) is 16.3 Å². The monoisotopic (exact) mass is 457 g/mol. The molecule has 3 rings (SSSR count). The topological polar surface area (TPSA) is 105 Å². The normalized spacial score (nSPS) is 14.3. The summed E-state index contributed by atoms with van der Waals surface area (Å²) in [7, 11) is 0. The fraction of sp³-hybridized carbons (Fsp3) is 0.304. The van der Waals surface area contributed by atoms with E-state index in [1.807, 2.05) is 0 Å². The first-order valence-electron chi connectivity index (χ1n) is 10.2. The third-order valence-electron chi connectivity index (χ3n) is 4.82. The van der Waals surface area contributed by atoms with E-state index in [1.54, 1.807) is 62.4 Å². The van der Waals surface area contributed by atoms with Crippen LogP contribution in [0.15, 0.2) is 48.5 Å². The molecule has 2 N–H and O–H groups in total. The van der Waals surface area contributed by atoms with Gasteiger partial charge in [-0.1, -0.05) is 41.9 Å². The molecule has 2 aromatic carbocycles. The van der Waals surface area contributed by atoms with Gasteiger partial charge < -0.3 is 15.4 Å². The van der Waals surface area contributed by atoms with E-state index in [2.05, 4.69) is 10.6 Å². The highest BCUT2D eigenvalue weighted by Gasteiger charge is 2.28. The fourth-order valence-electron chi connectivity index (χ4n) is 3.28. The third-order valence-corrected chi connectivity index (χ3v) is 5.16. The van der Waals surface area contributed by atoms with Crippen LogP contribution in [0, 0.1) is 0 Å². The standard InChI is InChI=1S/C23H24ClN3O5/c1-14(2)32-21(29)11-19(17-5-3-4-6-18(17)24)26-22(30)16-9-7-15(8-10-16)13-27-20(28)12-25-23(27)31/h3-10,14,19H,11-13H2,1-2H3,(H,25,31)(H,26,30). The average Bonchev–Trinajstić information content (AvgIpc) is 3.05. The molecule has 0 saturated carbocycles. The lowest BCUT2D eigenvalue weighted by Crippen LogP contribution is -2.31. The Morgan fingerprint density at radius 2 is 1.81 bits per heavy atom. The summed E-state index contributed by atoms with van der Waals surface area (Å²) >= 11 is 6.29. The number of hydrogen-bond donors (Lipinski definition) is 2. The maximum Gasteiger partial charge on any atom is 0.324 e. The zero-order valence-electron chi connectivity index (χ0n) is 17.8. The summed E-state index contributed by atoms with van der Waals surface area (Å²) < 4.78 is 5.23. The first-order chi connectivity index (χ1) is 15.2. The van der Waals surface area contributed by atoms with E-state index in [0.717, 1.165) is 4.90 Å². The molecule has 1 fully saturated rings. The number of nitrogens with zero attached hydrogens (tertiary/aromatic N) is 1. The van der Waals surface area contributed by atoms with Crippen molar-refractivity contribution >= 4 is 35.4 Å². The Hall–Kier alpha value is -3.39. The molecule has 0 spiro atoms. The number of imide groups is 1. The number of benzene rings is 2. The number of halogens is 1. The van der Waals surface area contributed by atoms with Gasteiger partial charge in [0.05, 0.1) is 31.7 Å². The molecule has 1 aliphatic rings. The van der Waals surface area contributed by atoms with Crippen LogP contribution in [0.2, 0.25) is 5.02 Å². The molecular weight excluding hydrogens is 434 g/mol. The van der Waals surface area contributed by atoms with Crippen LogP contribution < -0.4 is 10.6 Å². The third kappa shape index (κ3) is 5.85. The van der Waals surface area contributed by atoms with Gasteiger partial charge in [0.25, 0.3) is 5.91 Å². The van der Waals surface area contributed by atoms with Gasteiger partial charge in [0.1, 0.15) is 0 Å². The largest absolute Gasteiger partial charge is 0.463 e. The van der Waals surface area contributed by atoms with E-state index in [-0.39, 0.29) is 31.5 Å². The van der Waals surface area contributed by atoms with Crippen molar-refractivity contribution in [3.63, 3.8) is 0 Å². The number of amides is 4. The quantitative estimate of drug-likeness (QED) is 0.468. The second-order valence-electron chi connectivity index (χ2n) is 7.63. The van der Waals surface area contributed by atoms with Crippen LogP contribution in [0.1, 0.15) is 47.8 Å². The molecule has 1 heterocycles. The van der Waals surface area contributed by atoms with Crippen molar-refractivity contribution in [2.45, 2.75) is 39.0 Å². The van der Waals surface area contributed by atoms with Crippen molar-refractivity contribution < 1.29 is 23.9 Å². The lowest BCUT2D eigenvalue weighted by molar-refractivity contribution is -0.148. The zero-order valence-corrected chi connectivity index (χ0v) is 18.5. The molecule has 8 nitrogen and oxygen atoms in total. The highest BCUT2D eigenvalue weighted by Crippen LogP contribution is 2.26. The van der Waals surface area contributed by atoms with E-state index in [9.17, 15) is 19.2 Å². The summed E-state index contributed by atoms with van der Waals surface area (Å²) in [5.41, 5.74) is 1.67. The first-order valence-corrected chi connectivity index (χ1v) is 10.5. The van der Waals surface area contributed by atoms with E-state index in [1.165, 1.54) is 0 Å². The number of carbonyl (C=O) groups excluding carboxylic acids is 4. The molecule has 1 unspecified atom stereocenters. The number of nitrogens with one attached hydrogen (secondary N) is 2. The van der Waals surface area contributed by atoms with Crippen molar-refractivity contribution in [2.75, 3.05) is 6.54 Å². The Labute approximate surface area is 190 Å². The Kier molecular flexibility index (Phi) is 7.48. The lowest BCUT2D eigenvalue weighted by atomic mass is 10.0. The number of rotatable bonds is 8. The average molecular weight is 458 g/mol. The Bertz CT molecular complexity index is 1010. The van der Waals surface area contributed by atoms with Gasteiger partial charge in [-0.2, -0.15) is 0 Å². The number of esters is 1. The SMILES string of the molecule is CC(C)OC(=O)CC(NC(=O)c1ccc(CN2C(=O)CNC2=O)cc1)c1ccccc1Cl.